The predicted octanol–water partition coefficient (Wildman–Crippen LogP) is 1.24. The Hall–Kier alpha value is -1.62. The van der Waals surface area contributed by atoms with Crippen LogP contribution in [0.15, 0.2) is 18.3 Å². The van der Waals surface area contributed by atoms with Gasteiger partial charge in [-0.05, 0) is 19.1 Å². The standard InChI is InChI=1S/C9H9ClN2O3/c1-2-15-9(14)8(13)12-7-6(10)4-3-5-11-7/h3-5H,2H2,1H3,(H,11,12,13). The Morgan fingerprint density at radius 1 is 1.60 bits per heavy atom. The molecule has 0 bridgehead atoms. The van der Waals surface area contributed by atoms with Gasteiger partial charge in [-0.25, -0.2) is 9.78 Å². The molecule has 1 aromatic heterocycles. The van der Waals surface area contributed by atoms with Gasteiger partial charge in [0.1, 0.15) is 0 Å². The third-order valence-corrected chi connectivity index (χ3v) is 1.76. The summed E-state index contributed by atoms with van der Waals surface area (Å²) in [5.74, 6) is -1.71. The Kier molecular flexibility index (Phi) is 4.05. The van der Waals surface area contributed by atoms with Gasteiger partial charge >= 0.3 is 11.9 Å². The van der Waals surface area contributed by atoms with Crippen molar-refractivity contribution >= 4 is 29.3 Å². The third kappa shape index (κ3) is 3.21. The molecule has 0 fully saturated rings. The summed E-state index contributed by atoms with van der Waals surface area (Å²) in [6, 6.07) is 3.16. The molecule has 1 amide bonds. The van der Waals surface area contributed by atoms with Crippen LogP contribution in [-0.2, 0) is 14.3 Å². The van der Waals surface area contributed by atoms with E-state index in [0.717, 1.165) is 0 Å². The lowest BCUT2D eigenvalue weighted by atomic mass is 10.4. The molecule has 1 rings (SSSR count). The van der Waals surface area contributed by atoms with Crippen LogP contribution in [0.3, 0.4) is 0 Å². The quantitative estimate of drug-likeness (QED) is 0.611. The number of carbonyl (C=O) groups excluding carboxylic acids is 2. The number of anilines is 1. The van der Waals surface area contributed by atoms with Crippen LogP contribution in [-0.4, -0.2) is 23.5 Å². The number of rotatable bonds is 2. The van der Waals surface area contributed by atoms with Gasteiger partial charge in [0.2, 0.25) is 0 Å². The first-order chi connectivity index (χ1) is 7.15. The van der Waals surface area contributed by atoms with Crippen molar-refractivity contribution in [3.8, 4) is 0 Å². The third-order valence-electron chi connectivity index (χ3n) is 1.45. The molecule has 0 aliphatic heterocycles. The normalized spacial score (nSPS) is 9.47. The minimum Gasteiger partial charge on any atom is -0.459 e. The number of aromatic nitrogens is 1. The van der Waals surface area contributed by atoms with Crippen LogP contribution in [0.2, 0.25) is 5.02 Å². The van der Waals surface area contributed by atoms with E-state index in [1.165, 1.54) is 6.20 Å². The lowest BCUT2D eigenvalue weighted by molar-refractivity contribution is -0.152. The maximum absolute atomic E-state index is 11.2. The summed E-state index contributed by atoms with van der Waals surface area (Å²) in [5.41, 5.74) is 0. The van der Waals surface area contributed by atoms with Crippen LogP contribution < -0.4 is 5.32 Å². The van der Waals surface area contributed by atoms with Crippen molar-refractivity contribution in [2.24, 2.45) is 0 Å². The minimum absolute atomic E-state index is 0.136. The van der Waals surface area contributed by atoms with Crippen LogP contribution in [0.1, 0.15) is 6.92 Å². The van der Waals surface area contributed by atoms with Crippen LogP contribution in [0.25, 0.3) is 0 Å². The summed E-state index contributed by atoms with van der Waals surface area (Å²) in [7, 11) is 0. The highest BCUT2D eigenvalue weighted by atomic mass is 35.5. The van der Waals surface area contributed by atoms with E-state index < -0.39 is 11.9 Å². The van der Waals surface area contributed by atoms with E-state index in [9.17, 15) is 9.59 Å². The molecule has 0 saturated heterocycles. The number of esters is 1. The molecular weight excluding hydrogens is 220 g/mol. The summed E-state index contributed by atoms with van der Waals surface area (Å²) >= 11 is 5.72. The number of nitrogens with one attached hydrogen (secondary N) is 1. The molecule has 0 aliphatic carbocycles. The van der Waals surface area contributed by atoms with Gasteiger partial charge in [-0.3, -0.25) is 10.1 Å². The van der Waals surface area contributed by atoms with Gasteiger partial charge in [-0.2, -0.15) is 0 Å². The number of ether oxygens (including phenoxy) is 1. The molecular formula is C9H9ClN2O3. The molecule has 0 aliphatic rings. The molecule has 0 aromatic carbocycles. The van der Waals surface area contributed by atoms with E-state index in [2.05, 4.69) is 15.0 Å². The summed E-state index contributed by atoms with van der Waals surface area (Å²) < 4.78 is 4.49. The van der Waals surface area contributed by atoms with Gasteiger partial charge in [-0.1, -0.05) is 11.6 Å². The number of nitrogens with zero attached hydrogens (tertiary/aromatic N) is 1. The Bertz CT molecular complexity index is 381. The Morgan fingerprint density at radius 2 is 2.33 bits per heavy atom. The second-order valence-corrected chi connectivity index (χ2v) is 2.92. The number of hydrogen-bond donors (Lipinski definition) is 1. The van der Waals surface area contributed by atoms with Gasteiger partial charge in [0.05, 0.1) is 11.6 Å². The molecule has 0 atom stereocenters. The van der Waals surface area contributed by atoms with E-state index in [-0.39, 0.29) is 17.4 Å². The fourth-order valence-corrected chi connectivity index (χ4v) is 1.00. The molecule has 15 heavy (non-hydrogen) atoms. The van der Waals surface area contributed by atoms with Crippen molar-refractivity contribution in [1.82, 2.24) is 4.98 Å². The van der Waals surface area contributed by atoms with Gasteiger partial charge in [0.25, 0.3) is 0 Å². The first-order valence-electron chi connectivity index (χ1n) is 4.23. The second-order valence-electron chi connectivity index (χ2n) is 2.51. The summed E-state index contributed by atoms with van der Waals surface area (Å²) in [6.45, 7) is 1.75. The van der Waals surface area contributed by atoms with E-state index in [1.54, 1.807) is 19.1 Å². The van der Waals surface area contributed by atoms with Crippen LogP contribution in [0.5, 0.6) is 0 Å². The number of pyridine rings is 1. The lowest BCUT2D eigenvalue weighted by Gasteiger charge is -2.04. The highest BCUT2D eigenvalue weighted by molar-refractivity contribution is 6.39. The first-order valence-corrected chi connectivity index (χ1v) is 4.61. The van der Waals surface area contributed by atoms with Gasteiger partial charge < -0.3 is 4.74 Å². The van der Waals surface area contributed by atoms with Gasteiger partial charge in [-0.15, -0.1) is 0 Å². The largest absolute Gasteiger partial charge is 0.459 e. The van der Waals surface area contributed by atoms with Gasteiger partial charge in [0, 0.05) is 6.20 Å². The van der Waals surface area contributed by atoms with Crippen molar-refractivity contribution in [2.75, 3.05) is 11.9 Å². The zero-order valence-corrected chi connectivity index (χ0v) is 8.75. The molecule has 5 nitrogen and oxygen atoms in total. The molecule has 6 heteroatoms. The number of halogens is 1. The van der Waals surface area contributed by atoms with E-state index in [4.69, 9.17) is 11.6 Å². The van der Waals surface area contributed by atoms with Crippen LogP contribution in [0.4, 0.5) is 5.82 Å². The summed E-state index contributed by atoms with van der Waals surface area (Å²) in [5, 5.41) is 2.50. The average molecular weight is 229 g/mol. The van der Waals surface area contributed by atoms with Crippen molar-refractivity contribution in [1.29, 1.82) is 0 Å². The Labute approximate surface area is 91.4 Å². The second kappa shape index (κ2) is 5.31. The fourth-order valence-electron chi connectivity index (χ4n) is 0.833. The van der Waals surface area contributed by atoms with Crippen molar-refractivity contribution in [2.45, 2.75) is 6.92 Å². The fraction of sp³-hybridized carbons (Fsp3) is 0.222. The maximum Gasteiger partial charge on any atom is 0.397 e. The van der Waals surface area contributed by atoms with E-state index >= 15 is 0 Å². The zero-order chi connectivity index (χ0) is 11.3. The monoisotopic (exact) mass is 228 g/mol. The zero-order valence-electron chi connectivity index (χ0n) is 7.99. The van der Waals surface area contributed by atoms with Crippen molar-refractivity contribution in [3.05, 3.63) is 23.4 Å². The Morgan fingerprint density at radius 3 is 2.93 bits per heavy atom. The predicted molar refractivity (Wildman–Crippen MR) is 54.5 cm³/mol. The van der Waals surface area contributed by atoms with Crippen molar-refractivity contribution < 1.29 is 14.3 Å². The molecule has 1 heterocycles. The molecule has 80 valence electrons. The Balaban J connectivity index is 2.67. The van der Waals surface area contributed by atoms with Crippen LogP contribution in [0, 0.1) is 0 Å². The molecule has 1 N–H and O–H groups in total. The van der Waals surface area contributed by atoms with E-state index in [0.29, 0.717) is 0 Å². The number of hydrogen-bond acceptors (Lipinski definition) is 4. The van der Waals surface area contributed by atoms with Crippen LogP contribution >= 0.6 is 11.6 Å². The summed E-state index contributed by atoms with van der Waals surface area (Å²) in [4.78, 5) is 25.9. The SMILES string of the molecule is CCOC(=O)C(=O)Nc1ncccc1Cl. The number of amides is 1. The molecule has 1 aromatic rings. The number of carbonyl (C=O) groups is 2. The lowest BCUT2D eigenvalue weighted by Crippen LogP contribution is -2.25. The highest BCUT2D eigenvalue weighted by Gasteiger charge is 2.16. The van der Waals surface area contributed by atoms with E-state index in [1.807, 2.05) is 0 Å². The molecule has 0 saturated carbocycles. The topological polar surface area (TPSA) is 68.3 Å². The molecule has 0 unspecified atom stereocenters. The van der Waals surface area contributed by atoms with Gasteiger partial charge in [0.15, 0.2) is 5.82 Å². The average Bonchev–Trinajstić information content (AvgIpc) is 2.21. The van der Waals surface area contributed by atoms with Crippen molar-refractivity contribution in [3.63, 3.8) is 0 Å². The molecule has 0 spiro atoms. The minimum atomic E-state index is -0.959. The molecule has 0 radical (unpaired) electrons. The first kappa shape index (κ1) is 11.5. The summed E-state index contributed by atoms with van der Waals surface area (Å²) in [6.07, 6.45) is 1.45. The smallest absolute Gasteiger partial charge is 0.397 e. The maximum atomic E-state index is 11.2. The highest BCUT2D eigenvalue weighted by Crippen LogP contribution is 2.16.